The second-order valence-electron chi connectivity index (χ2n) is 3.22. The van der Waals surface area contributed by atoms with Crippen LogP contribution in [0.2, 0.25) is 0 Å². The predicted octanol–water partition coefficient (Wildman–Crippen LogP) is 4.57. The van der Waals surface area contributed by atoms with Gasteiger partial charge in [0.05, 0.1) is 0 Å². The molecule has 0 radical (unpaired) electrons. The number of hydrogen-bond acceptors (Lipinski definition) is 3. The van der Waals surface area contributed by atoms with Gasteiger partial charge in [0.15, 0.2) is 0 Å². The van der Waals surface area contributed by atoms with Gasteiger partial charge in [-0.1, -0.05) is 17.8 Å². The third-order valence-corrected chi connectivity index (χ3v) is 4.42. The molecule has 1 aromatic carbocycles. The SMILES string of the molecule is O=Cc1ccc(Sc2ccc(Br)cn2)c(Br)c1. The summed E-state index contributed by atoms with van der Waals surface area (Å²) in [5, 5.41) is 0.910. The van der Waals surface area contributed by atoms with Crippen molar-refractivity contribution in [1.29, 1.82) is 0 Å². The highest BCUT2D eigenvalue weighted by Crippen LogP contribution is 2.33. The van der Waals surface area contributed by atoms with Gasteiger partial charge in [-0.2, -0.15) is 0 Å². The third-order valence-electron chi connectivity index (χ3n) is 2.01. The molecule has 2 nitrogen and oxygen atoms in total. The quantitative estimate of drug-likeness (QED) is 0.739. The Morgan fingerprint density at radius 2 is 2.00 bits per heavy atom. The summed E-state index contributed by atoms with van der Waals surface area (Å²) in [6.45, 7) is 0. The smallest absolute Gasteiger partial charge is 0.150 e. The number of carbonyl (C=O) groups excluding carboxylic acids is 1. The number of halogens is 2. The van der Waals surface area contributed by atoms with E-state index in [4.69, 9.17) is 0 Å². The van der Waals surface area contributed by atoms with Gasteiger partial charge in [0.1, 0.15) is 11.3 Å². The van der Waals surface area contributed by atoms with Crippen molar-refractivity contribution in [2.45, 2.75) is 9.92 Å². The topological polar surface area (TPSA) is 30.0 Å². The number of hydrogen-bond donors (Lipinski definition) is 0. The number of benzene rings is 1. The van der Waals surface area contributed by atoms with Crippen LogP contribution in [0.3, 0.4) is 0 Å². The van der Waals surface area contributed by atoms with Gasteiger partial charge in [-0.25, -0.2) is 4.98 Å². The number of rotatable bonds is 3. The molecule has 0 fully saturated rings. The minimum absolute atomic E-state index is 0.657. The summed E-state index contributed by atoms with van der Waals surface area (Å²) < 4.78 is 1.86. The third kappa shape index (κ3) is 3.40. The van der Waals surface area contributed by atoms with Crippen molar-refractivity contribution in [3.8, 4) is 0 Å². The summed E-state index contributed by atoms with van der Waals surface area (Å²) in [7, 11) is 0. The van der Waals surface area contributed by atoms with Gasteiger partial charge in [-0.05, 0) is 56.1 Å². The maximum Gasteiger partial charge on any atom is 0.150 e. The molecule has 0 aliphatic rings. The van der Waals surface area contributed by atoms with Gasteiger partial charge in [-0.15, -0.1) is 0 Å². The molecule has 0 aliphatic carbocycles. The highest BCUT2D eigenvalue weighted by atomic mass is 79.9. The van der Waals surface area contributed by atoms with Gasteiger partial charge >= 0.3 is 0 Å². The van der Waals surface area contributed by atoms with E-state index in [1.807, 2.05) is 18.2 Å². The van der Waals surface area contributed by atoms with Crippen molar-refractivity contribution < 1.29 is 4.79 Å². The van der Waals surface area contributed by atoms with Crippen LogP contribution in [0.5, 0.6) is 0 Å². The fourth-order valence-corrected chi connectivity index (χ4v) is 2.84. The van der Waals surface area contributed by atoms with E-state index < -0.39 is 0 Å². The maximum absolute atomic E-state index is 10.6. The van der Waals surface area contributed by atoms with E-state index >= 15 is 0 Å². The summed E-state index contributed by atoms with van der Waals surface area (Å²) in [6.07, 6.45) is 2.59. The Bertz CT molecular complexity index is 543. The molecule has 86 valence electrons. The summed E-state index contributed by atoms with van der Waals surface area (Å²) >= 11 is 8.33. The van der Waals surface area contributed by atoms with E-state index in [1.54, 1.807) is 30.1 Å². The average Bonchev–Trinajstić information content (AvgIpc) is 2.34. The van der Waals surface area contributed by atoms with Crippen molar-refractivity contribution in [3.05, 3.63) is 51.0 Å². The Labute approximate surface area is 120 Å². The largest absolute Gasteiger partial charge is 0.298 e. The molecule has 1 aromatic heterocycles. The van der Waals surface area contributed by atoms with Crippen molar-refractivity contribution >= 4 is 49.9 Å². The normalized spacial score (nSPS) is 10.2. The lowest BCUT2D eigenvalue weighted by molar-refractivity contribution is 0.112. The zero-order valence-electron chi connectivity index (χ0n) is 8.56. The van der Waals surface area contributed by atoms with E-state index in [1.165, 1.54) is 0 Å². The molecule has 0 spiro atoms. The first-order valence-electron chi connectivity index (χ1n) is 4.73. The van der Waals surface area contributed by atoms with Gasteiger partial charge < -0.3 is 0 Å². The van der Waals surface area contributed by atoms with Gasteiger partial charge in [-0.3, -0.25) is 4.79 Å². The number of aldehydes is 1. The molecule has 0 saturated heterocycles. The Morgan fingerprint density at radius 1 is 1.18 bits per heavy atom. The highest BCUT2D eigenvalue weighted by molar-refractivity contribution is 9.10. The van der Waals surface area contributed by atoms with Crippen LogP contribution in [-0.2, 0) is 0 Å². The fraction of sp³-hybridized carbons (Fsp3) is 0. The van der Waals surface area contributed by atoms with Gasteiger partial charge in [0, 0.05) is 25.6 Å². The van der Waals surface area contributed by atoms with E-state index in [0.29, 0.717) is 5.56 Å². The Hall–Kier alpha value is -0.650. The van der Waals surface area contributed by atoms with Crippen LogP contribution in [0.1, 0.15) is 10.4 Å². The molecule has 0 saturated carbocycles. The molecule has 0 bridgehead atoms. The molecule has 0 atom stereocenters. The summed E-state index contributed by atoms with van der Waals surface area (Å²) in [6, 6.07) is 9.38. The monoisotopic (exact) mass is 371 g/mol. The van der Waals surface area contributed by atoms with E-state index in [9.17, 15) is 4.79 Å². The lowest BCUT2D eigenvalue weighted by Gasteiger charge is -2.04. The summed E-state index contributed by atoms with van der Waals surface area (Å²) in [4.78, 5) is 15.9. The number of pyridine rings is 1. The number of carbonyl (C=O) groups is 1. The first kappa shape index (κ1) is 12.8. The molecular formula is C12H7Br2NOS. The van der Waals surface area contributed by atoms with E-state index in [2.05, 4.69) is 36.8 Å². The summed E-state index contributed by atoms with van der Waals surface area (Å²) in [5.74, 6) is 0. The van der Waals surface area contributed by atoms with Crippen LogP contribution in [0, 0.1) is 0 Å². The molecule has 0 N–H and O–H groups in total. The summed E-state index contributed by atoms with van der Waals surface area (Å²) in [5.41, 5.74) is 0.657. The molecule has 0 aliphatic heterocycles. The molecule has 1 heterocycles. The molecule has 17 heavy (non-hydrogen) atoms. The lowest BCUT2D eigenvalue weighted by Crippen LogP contribution is -1.83. The Morgan fingerprint density at radius 3 is 2.59 bits per heavy atom. The minimum atomic E-state index is 0.657. The Kier molecular flexibility index (Phi) is 4.36. The second kappa shape index (κ2) is 5.80. The predicted molar refractivity (Wildman–Crippen MR) is 75.6 cm³/mol. The van der Waals surface area contributed by atoms with Crippen LogP contribution in [-0.4, -0.2) is 11.3 Å². The number of nitrogens with zero attached hydrogens (tertiary/aromatic N) is 1. The van der Waals surface area contributed by atoms with E-state index in [0.717, 1.165) is 25.2 Å². The maximum atomic E-state index is 10.6. The van der Waals surface area contributed by atoms with Crippen LogP contribution < -0.4 is 0 Å². The van der Waals surface area contributed by atoms with Crippen LogP contribution in [0.15, 0.2) is 55.4 Å². The van der Waals surface area contributed by atoms with Crippen molar-refractivity contribution in [2.24, 2.45) is 0 Å². The zero-order valence-corrected chi connectivity index (χ0v) is 12.5. The molecule has 2 aromatic rings. The molecule has 0 unspecified atom stereocenters. The molecule has 5 heteroatoms. The van der Waals surface area contributed by atoms with Crippen molar-refractivity contribution in [1.82, 2.24) is 4.98 Å². The Balaban J connectivity index is 2.24. The first-order chi connectivity index (χ1) is 8.19. The van der Waals surface area contributed by atoms with Crippen LogP contribution in [0.25, 0.3) is 0 Å². The molecule has 0 amide bonds. The zero-order chi connectivity index (χ0) is 12.3. The van der Waals surface area contributed by atoms with Crippen molar-refractivity contribution in [3.63, 3.8) is 0 Å². The molecular weight excluding hydrogens is 366 g/mol. The van der Waals surface area contributed by atoms with E-state index in [-0.39, 0.29) is 0 Å². The number of aromatic nitrogens is 1. The standard InChI is InChI=1S/C12H7Br2NOS/c13-9-2-4-12(15-6-9)17-11-3-1-8(7-16)5-10(11)14/h1-7H. The minimum Gasteiger partial charge on any atom is -0.298 e. The highest BCUT2D eigenvalue weighted by Gasteiger charge is 2.04. The second-order valence-corrected chi connectivity index (χ2v) is 6.06. The van der Waals surface area contributed by atoms with Crippen LogP contribution in [0.4, 0.5) is 0 Å². The average molecular weight is 373 g/mol. The van der Waals surface area contributed by atoms with Crippen LogP contribution >= 0.6 is 43.6 Å². The lowest BCUT2D eigenvalue weighted by atomic mass is 10.2. The van der Waals surface area contributed by atoms with Gasteiger partial charge in [0.25, 0.3) is 0 Å². The fourth-order valence-electron chi connectivity index (χ4n) is 1.21. The van der Waals surface area contributed by atoms with Gasteiger partial charge in [0.2, 0.25) is 0 Å². The molecule has 2 rings (SSSR count). The first-order valence-corrected chi connectivity index (χ1v) is 7.13. The van der Waals surface area contributed by atoms with Crippen molar-refractivity contribution in [2.75, 3.05) is 0 Å².